The number of ether oxygens (including phenoxy) is 1. The molecule has 1 aromatic carbocycles. The van der Waals surface area contributed by atoms with Crippen molar-refractivity contribution in [2.75, 3.05) is 27.2 Å². The number of aromatic nitrogens is 2. The Labute approximate surface area is 210 Å². The van der Waals surface area contributed by atoms with Gasteiger partial charge in [-0.05, 0) is 51.5 Å². The van der Waals surface area contributed by atoms with Gasteiger partial charge in [-0.1, -0.05) is 6.92 Å². The number of carbonyl (C=O) groups is 2. The highest BCUT2D eigenvalue weighted by Crippen LogP contribution is 2.25. The molecule has 0 fully saturated rings. The molecule has 0 radical (unpaired) electrons. The van der Waals surface area contributed by atoms with Crippen LogP contribution in [0, 0.1) is 0 Å². The van der Waals surface area contributed by atoms with Gasteiger partial charge in [-0.25, -0.2) is 13.2 Å². The van der Waals surface area contributed by atoms with E-state index in [2.05, 4.69) is 9.97 Å². The van der Waals surface area contributed by atoms with Crippen LogP contribution in [0.1, 0.15) is 40.5 Å². The molecule has 3 N–H and O–H groups in total. The molecule has 0 aliphatic carbocycles. The van der Waals surface area contributed by atoms with Gasteiger partial charge < -0.3 is 24.7 Å². The van der Waals surface area contributed by atoms with Crippen molar-refractivity contribution in [1.82, 2.24) is 19.2 Å². The highest BCUT2D eigenvalue weighted by Gasteiger charge is 2.24. The molecule has 0 saturated carbocycles. The van der Waals surface area contributed by atoms with Gasteiger partial charge in [0, 0.05) is 56.1 Å². The Hall–Kier alpha value is -3.38. The van der Waals surface area contributed by atoms with E-state index in [0.717, 1.165) is 6.42 Å². The number of carboxylic acid groups (broad SMARTS) is 1. The number of carboxylic acids is 1. The van der Waals surface area contributed by atoms with Gasteiger partial charge in [0.2, 0.25) is 10.0 Å². The lowest BCUT2D eigenvalue weighted by Crippen LogP contribution is -2.39. The SMILES string of the molecule is CCCC(=O)O.CN(CCN(C)S(=O)(=O)c1ccc2[nH]c(=O)c3[nH]ccc3c2c1)C(=O)OC(C)(C)C. The van der Waals surface area contributed by atoms with Gasteiger partial charge in [0.15, 0.2) is 0 Å². The Morgan fingerprint density at radius 1 is 1.08 bits per heavy atom. The monoisotopic (exact) mass is 522 g/mol. The minimum Gasteiger partial charge on any atom is -0.481 e. The second kappa shape index (κ2) is 11.6. The van der Waals surface area contributed by atoms with Crippen molar-refractivity contribution < 1.29 is 27.9 Å². The number of fused-ring (bicyclic) bond motifs is 3. The van der Waals surface area contributed by atoms with E-state index in [1.165, 1.54) is 22.3 Å². The summed E-state index contributed by atoms with van der Waals surface area (Å²) in [6, 6.07) is 6.32. The second-order valence-electron chi connectivity index (χ2n) is 9.30. The van der Waals surface area contributed by atoms with E-state index in [4.69, 9.17) is 9.84 Å². The molecule has 12 heteroatoms. The molecule has 11 nitrogen and oxygen atoms in total. The fraction of sp³-hybridized carbons (Fsp3) is 0.458. The maximum absolute atomic E-state index is 13.0. The topological polar surface area (TPSA) is 153 Å². The molecule has 0 saturated heterocycles. The standard InChI is InChI=1S/C20H26N4O5S.C4H8O2/c1-20(2,3)29-19(26)23(4)10-11-24(5)30(27,28)13-6-7-16-15(12-13)14-8-9-21-17(14)18(25)22-16;1-2-3-4(5)6/h6-9,12,21H,10-11H2,1-5H3,(H,22,25);2-3H2,1H3,(H,5,6). The molecule has 0 aliphatic rings. The van der Waals surface area contributed by atoms with Crippen molar-refractivity contribution in [3.8, 4) is 0 Å². The molecular weight excluding hydrogens is 488 g/mol. The summed E-state index contributed by atoms with van der Waals surface area (Å²) in [7, 11) is -0.778. The highest BCUT2D eigenvalue weighted by atomic mass is 32.2. The Morgan fingerprint density at radius 2 is 1.75 bits per heavy atom. The summed E-state index contributed by atoms with van der Waals surface area (Å²) in [5.74, 6) is -0.711. The molecule has 198 valence electrons. The lowest BCUT2D eigenvalue weighted by atomic mass is 10.1. The van der Waals surface area contributed by atoms with Crippen molar-refractivity contribution in [2.24, 2.45) is 0 Å². The number of sulfonamides is 1. The molecule has 3 aromatic rings. The first-order valence-corrected chi connectivity index (χ1v) is 12.9. The second-order valence-corrected chi connectivity index (χ2v) is 11.3. The normalized spacial score (nSPS) is 11.9. The van der Waals surface area contributed by atoms with Crippen molar-refractivity contribution in [3.63, 3.8) is 0 Å². The molecule has 0 spiro atoms. The number of rotatable bonds is 7. The molecule has 0 aliphatic heterocycles. The van der Waals surface area contributed by atoms with Gasteiger partial charge in [0.05, 0.1) is 4.90 Å². The van der Waals surface area contributed by atoms with E-state index >= 15 is 0 Å². The Balaban J connectivity index is 0.000000678. The van der Waals surface area contributed by atoms with Crippen LogP contribution >= 0.6 is 0 Å². The molecular formula is C24H34N4O7S. The van der Waals surface area contributed by atoms with Crippen LogP contribution in [0.25, 0.3) is 21.8 Å². The summed E-state index contributed by atoms with van der Waals surface area (Å²) in [4.78, 5) is 40.8. The van der Waals surface area contributed by atoms with E-state index in [-0.39, 0.29) is 23.5 Å². The summed E-state index contributed by atoms with van der Waals surface area (Å²) < 4.78 is 32.5. The summed E-state index contributed by atoms with van der Waals surface area (Å²) in [5, 5.41) is 9.20. The third-order valence-electron chi connectivity index (χ3n) is 5.13. The predicted octanol–water partition coefficient (Wildman–Crippen LogP) is 3.37. The number of likely N-dealkylation sites (N-methyl/N-ethyl adjacent to an activating group) is 2. The van der Waals surface area contributed by atoms with Gasteiger partial charge in [0.1, 0.15) is 11.1 Å². The molecule has 0 unspecified atom stereocenters. The predicted molar refractivity (Wildman–Crippen MR) is 138 cm³/mol. The number of nitrogens with zero attached hydrogens (tertiary/aromatic N) is 2. The van der Waals surface area contributed by atoms with Gasteiger partial charge in [-0.15, -0.1) is 0 Å². The Bertz CT molecular complexity index is 1390. The number of hydrogen-bond acceptors (Lipinski definition) is 6. The van der Waals surface area contributed by atoms with Crippen molar-refractivity contribution >= 4 is 43.9 Å². The average molecular weight is 523 g/mol. The summed E-state index contributed by atoms with van der Waals surface area (Å²) in [6.45, 7) is 7.42. The summed E-state index contributed by atoms with van der Waals surface area (Å²) in [6.07, 6.45) is 2.15. The Kier molecular flexibility index (Phi) is 9.27. The number of carbonyl (C=O) groups excluding carboxylic acids is 1. The van der Waals surface area contributed by atoms with E-state index < -0.39 is 27.7 Å². The highest BCUT2D eigenvalue weighted by molar-refractivity contribution is 7.89. The number of nitrogens with one attached hydrogen (secondary N) is 2. The average Bonchev–Trinajstić information content (AvgIpc) is 3.27. The number of H-pyrrole nitrogens is 2. The molecule has 2 heterocycles. The number of hydrogen-bond donors (Lipinski definition) is 3. The third kappa shape index (κ3) is 7.31. The van der Waals surface area contributed by atoms with E-state index in [1.54, 1.807) is 52.2 Å². The summed E-state index contributed by atoms with van der Waals surface area (Å²) >= 11 is 0. The molecule has 0 atom stereocenters. The van der Waals surface area contributed by atoms with Gasteiger partial charge in [0.25, 0.3) is 5.56 Å². The van der Waals surface area contributed by atoms with Crippen LogP contribution in [0.15, 0.2) is 40.2 Å². The fourth-order valence-electron chi connectivity index (χ4n) is 3.22. The van der Waals surface area contributed by atoms with E-state index in [9.17, 15) is 22.8 Å². The first-order chi connectivity index (χ1) is 16.7. The number of pyridine rings is 1. The van der Waals surface area contributed by atoms with Crippen molar-refractivity contribution in [2.45, 2.75) is 51.0 Å². The van der Waals surface area contributed by atoms with Gasteiger partial charge in [-0.3, -0.25) is 9.59 Å². The lowest BCUT2D eigenvalue weighted by molar-refractivity contribution is -0.137. The van der Waals surface area contributed by atoms with Gasteiger partial charge >= 0.3 is 12.1 Å². The molecule has 3 rings (SSSR count). The van der Waals surface area contributed by atoms with Crippen LogP contribution in [0.5, 0.6) is 0 Å². The van der Waals surface area contributed by atoms with Crippen LogP contribution in [0.2, 0.25) is 0 Å². The zero-order valence-corrected chi connectivity index (χ0v) is 22.2. The van der Waals surface area contributed by atoms with E-state index in [0.29, 0.717) is 28.2 Å². The van der Waals surface area contributed by atoms with Crippen LogP contribution < -0.4 is 5.56 Å². The maximum atomic E-state index is 13.0. The van der Waals surface area contributed by atoms with Crippen LogP contribution in [-0.2, 0) is 19.6 Å². The van der Waals surface area contributed by atoms with Crippen LogP contribution in [0.3, 0.4) is 0 Å². The minimum atomic E-state index is -3.80. The number of amides is 1. The molecule has 2 aromatic heterocycles. The zero-order valence-electron chi connectivity index (χ0n) is 21.4. The fourth-order valence-corrected chi connectivity index (χ4v) is 4.41. The lowest BCUT2D eigenvalue weighted by Gasteiger charge is -2.26. The molecule has 36 heavy (non-hydrogen) atoms. The number of benzene rings is 1. The smallest absolute Gasteiger partial charge is 0.410 e. The van der Waals surface area contributed by atoms with Crippen LogP contribution in [-0.4, -0.2) is 77.5 Å². The largest absolute Gasteiger partial charge is 0.481 e. The summed E-state index contributed by atoms with van der Waals surface area (Å²) in [5.41, 5.74) is 0.0574. The van der Waals surface area contributed by atoms with Gasteiger partial charge in [-0.2, -0.15) is 4.31 Å². The molecule has 0 bridgehead atoms. The van der Waals surface area contributed by atoms with Crippen LogP contribution in [0.4, 0.5) is 4.79 Å². The zero-order chi connectivity index (χ0) is 27.3. The first kappa shape index (κ1) is 28.9. The number of aliphatic carboxylic acids is 1. The number of aromatic amines is 2. The molecule has 1 amide bonds. The van der Waals surface area contributed by atoms with Crippen molar-refractivity contribution in [3.05, 3.63) is 40.8 Å². The van der Waals surface area contributed by atoms with Crippen molar-refractivity contribution in [1.29, 1.82) is 0 Å². The quantitative estimate of drug-likeness (QED) is 0.430. The minimum absolute atomic E-state index is 0.0985. The van der Waals surface area contributed by atoms with E-state index in [1.807, 2.05) is 6.92 Å². The Morgan fingerprint density at radius 3 is 2.31 bits per heavy atom. The first-order valence-electron chi connectivity index (χ1n) is 11.4. The maximum Gasteiger partial charge on any atom is 0.410 e. The third-order valence-corrected chi connectivity index (χ3v) is 6.98.